The summed E-state index contributed by atoms with van der Waals surface area (Å²) in [5, 5.41) is 8.45. The summed E-state index contributed by atoms with van der Waals surface area (Å²) in [6, 6.07) is 2.78. The molecular weight excluding hydrogens is 338 g/mol. The van der Waals surface area contributed by atoms with Crippen LogP contribution in [0.25, 0.3) is 0 Å². The van der Waals surface area contributed by atoms with Crippen LogP contribution in [-0.2, 0) is 21.9 Å². The van der Waals surface area contributed by atoms with E-state index in [9.17, 15) is 13.2 Å². The van der Waals surface area contributed by atoms with Crippen LogP contribution in [-0.4, -0.2) is 35.6 Å². The summed E-state index contributed by atoms with van der Waals surface area (Å²) >= 11 is 1.10. The fourth-order valence-corrected chi connectivity index (χ4v) is 4.01. The van der Waals surface area contributed by atoms with Crippen molar-refractivity contribution in [2.75, 3.05) is 6.54 Å². The summed E-state index contributed by atoms with van der Waals surface area (Å²) < 4.78 is 28.0. The van der Waals surface area contributed by atoms with Crippen molar-refractivity contribution in [2.24, 2.45) is 13.0 Å². The summed E-state index contributed by atoms with van der Waals surface area (Å²) in [7, 11) is -1.92. The lowest BCUT2D eigenvalue weighted by molar-refractivity contribution is -0.121. The van der Waals surface area contributed by atoms with Gasteiger partial charge in [0.05, 0.1) is 12.6 Å². The molecule has 0 aliphatic rings. The van der Waals surface area contributed by atoms with Crippen molar-refractivity contribution in [1.29, 1.82) is 0 Å². The molecule has 1 unspecified atom stereocenters. The highest BCUT2D eigenvalue weighted by Crippen LogP contribution is 2.19. The number of nitrogens with zero attached hydrogens (tertiary/aromatic N) is 3. The van der Waals surface area contributed by atoms with E-state index < -0.39 is 15.9 Å². The molecule has 1 atom stereocenters. The highest BCUT2D eigenvalue weighted by atomic mass is 32.2. The van der Waals surface area contributed by atoms with Gasteiger partial charge < -0.3 is 5.32 Å². The average molecular weight is 357 g/mol. The van der Waals surface area contributed by atoms with Gasteiger partial charge in [-0.05, 0) is 17.4 Å². The fourth-order valence-electron chi connectivity index (χ4n) is 1.99. The van der Waals surface area contributed by atoms with E-state index >= 15 is 0 Å². The Morgan fingerprint density at radius 1 is 1.43 bits per heavy atom. The van der Waals surface area contributed by atoms with E-state index in [0.29, 0.717) is 5.82 Å². The van der Waals surface area contributed by atoms with E-state index in [-0.39, 0.29) is 22.7 Å². The number of carbonyl (C=O) groups is 1. The van der Waals surface area contributed by atoms with Crippen molar-refractivity contribution in [2.45, 2.75) is 24.1 Å². The summed E-state index contributed by atoms with van der Waals surface area (Å²) in [5.41, 5.74) is 0. The Kier molecular flexibility index (Phi) is 5.50. The summed E-state index contributed by atoms with van der Waals surface area (Å²) in [5.74, 6) is 0.275. The molecule has 0 bridgehead atoms. The molecule has 2 rings (SSSR count). The van der Waals surface area contributed by atoms with Gasteiger partial charge in [0.25, 0.3) is 10.0 Å². The molecular formula is C13H19N5O3S2. The average Bonchev–Trinajstić information content (AvgIpc) is 3.14. The lowest BCUT2D eigenvalue weighted by Gasteiger charge is -2.21. The van der Waals surface area contributed by atoms with Gasteiger partial charge in [-0.2, -0.15) is 5.10 Å². The maximum Gasteiger partial charge on any atom is 0.250 e. The molecule has 2 heterocycles. The molecule has 0 saturated carbocycles. The van der Waals surface area contributed by atoms with Crippen molar-refractivity contribution in [3.8, 4) is 0 Å². The van der Waals surface area contributed by atoms with Crippen LogP contribution in [0.3, 0.4) is 0 Å². The number of rotatable bonds is 7. The van der Waals surface area contributed by atoms with Crippen LogP contribution < -0.4 is 10.0 Å². The van der Waals surface area contributed by atoms with Gasteiger partial charge in [0.15, 0.2) is 0 Å². The van der Waals surface area contributed by atoms with E-state index in [0.717, 1.165) is 11.3 Å². The van der Waals surface area contributed by atoms with Gasteiger partial charge in [-0.3, -0.25) is 9.48 Å². The summed E-state index contributed by atoms with van der Waals surface area (Å²) in [6.45, 7) is 3.55. The standard InChI is InChI=1S/C13H19N5O3S2/c1-9(2)12(13-14-8-15-18(13)3)17-10(19)7-16-23(20,21)11-5-4-6-22-11/h4-6,8-9,12,16H,7H2,1-3H3,(H,17,19). The van der Waals surface area contributed by atoms with Crippen LogP contribution in [0.1, 0.15) is 25.7 Å². The van der Waals surface area contributed by atoms with Gasteiger partial charge in [-0.1, -0.05) is 19.9 Å². The molecule has 2 aromatic heterocycles. The molecule has 0 aliphatic heterocycles. The molecule has 0 fully saturated rings. The molecule has 126 valence electrons. The SMILES string of the molecule is CC(C)C(NC(=O)CNS(=O)(=O)c1cccs1)c1ncnn1C. The van der Waals surface area contributed by atoms with Crippen LogP contribution in [0.4, 0.5) is 0 Å². The Labute approximate surface area is 139 Å². The predicted octanol–water partition coefficient (Wildman–Crippen LogP) is 0.668. The molecule has 1 amide bonds. The first-order chi connectivity index (χ1) is 10.8. The Morgan fingerprint density at radius 2 is 2.17 bits per heavy atom. The lowest BCUT2D eigenvalue weighted by atomic mass is 10.0. The molecule has 8 nitrogen and oxygen atoms in total. The molecule has 10 heteroatoms. The number of nitrogens with one attached hydrogen (secondary N) is 2. The Hall–Kier alpha value is -1.78. The van der Waals surface area contributed by atoms with Gasteiger partial charge in [0.2, 0.25) is 5.91 Å². The third kappa shape index (κ3) is 4.36. The third-order valence-corrected chi connectivity index (χ3v) is 5.99. The molecule has 0 aliphatic carbocycles. The van der Waals surface area contributed by atoms with Gasteiger partial charge in [0.1, 0.15) is 16.4 Å². The largest absolute Gasteiger partial charge is 0.345 e. The Bertz CT molecular complexity index is 752. The minimum Gasteiger partial charge on any atom is -0.345 e. The number of thiophene rings is 1. The predicted molar refractivity (Wildman–Crippen MR) is 86.2 cm³/mol. The maximum absolute atomic E-state index is 12.1. The molecule has 2 aromatic rings. The van der Waals surface area contributed by atoms with Gasteiger partial charge in [-0.15, -0.1) is 11.3 Å². The zero-order valence-corrected chi connectivity index (χ0v) is 14.7. The zero-order valence-electron chi connectivity index (χ0n) is 13.1. The van der Waals surface area contributed by atoms with E-state index in [4.69, 9.17) is 0 Å². The van der Waals surface area contributed by atoms with E-state index in [2.05, 4.69) is 20.1 Å². The van der Waals surface area contributed by atoms with Crippen LogP contribution in [0, 0.1) is 5.92 Å². The highest BCUT2D eigenvalue weighted by Gasteiger charge is 2.23. The quantitative estimate of drug-likeness (QED) is 0.757. The second kappa shape index (κ2) is 7.20. The van der Waals surface area contributed by atoms with Crippen molar-refractivity contribution in [3.05, 3.63) is 29.7 Å². The van der Waals surface area contributed by atoms with E-state index in [1.54, 1.807) is 23.2 Å². The Morgan fingerprint density at radius 3 is 2.70 bits per heavy atom. The van der Waals surface area contributed by atoms with Gasteiger partial charge in [0, 0.05) is 7.05 Å². The van der Waals surface area contributed by atoms with Crippen molar-refractivity contribution < 1.29 is 13.2 Å². The number of carbonyl (C=O) groups excluding carboxylic acids is 1. The number of aryl methyl sites for hydroxylation is 1. The van der Waals surface area contributed by atoms with Gasteiger partial charge in [-0.25, -0.2) is 18.1 Å². The van der Waals surface area contributed by atoms with Crippen molar-refractivity contribution in [3.63, 3.8) is 0 Å². The normalized spacial score (nSPS) is 13.2. The molecule has 0 saturated heterocycles. The third-order valence-electron chi connectivity index (χ3n) is 3.19. The van der Waals surface area contributed by atoms with Crippen molar-refractivity contribution >= 4 is 27.3 Å². The zero-order chi connectivity index (χ0) is 17.0. The van der Waals surface area contributed by atoms with Gasteiger partial charge >= 0.3 is 0 Å². The topological polar surface area (TPSA) is 106 Å². The van der Waals surface area contributed by atoms with E-state index in [1.165, 1.54) is 12.4 Å². The summed E-state index contributed by atoms with van der Waals surface area (Å²) in [6.07, 6.45) is 1.41. The first-order valence-electron chi connectivity index (χ1n) is 6.97. The van der Waals surface area contributed by atoms with Crippen molar-refractivity contribution in [1.82, 2.24) is 24.8 Å². The number of aromatic nitrogens is 3. The van der Waals surface area contributed by atoms with Crippen LogP contribution in [0.2, 0.25) is 0 Å². The maximum atomic E-state index is 12.1. The Balaban J connectivity index is 1.99. The molecule has 0 spiro atoms. The second-order valence-corrected chi connectivity index (χ2v) is 8.23. The molecule has 0 aromatic carbocycles. The molecule has 0 radical (unpaired) electrons. The monoisotopic (exact) mass is 357 g/mol. The minimum absolute atomic E-state index is 0.0794. The second-order valence-electron chi connectivity index (χ2n) is 5.29. The summed E-state index contributed by atoms with van der Waals surface area (Å²) in [4.78, 5) is 16.2. The lowest BCUT2D eigenvalue weighted by Crippen LogP contribution is -2.40. The fraction of sp³-hybridized carbons (Fsp3) is 0.462. The molecule has 23 heavy (non-hydrogen) atoms. The smallest absolute Gasteiger partial charge is 0.250 e. The minimum atomic E-state index is -3.66. The number of hydrogen-bond donors (Lipinski definition) is 2. The van der Waals surface area contributed by atoms with Crippen LogP contribution in [0.15, 0.2) is 28.0 Å². The highest BCUT2D eigenvalue weighted by molar-refractivity contribution is 7.91. The number of sulfonamides is 1. The number of hydrogen-bond acceptors (Lipinski definition) is 6. The molecule has 2 N–H and O–H groups in total. The number of amides is 1. The first kappa shape index (κ1) is 17.6. The first-order valence-corrected chi connectivity index (χ1v) is 9.34. The van der Waals surface area contributed by atoms with Crippen LogP contribution >= 0.6 is 11.3 Å². The van der Waals surface area contributed by atoms with E-state index in [1.807, 2.05) is 13.8 Å². The van der Waals surface area contributed by atoms with Crippen LogP contribution in [0.5, 0.6) is 0 Å².